The van der Waals surface area contributed by atoms with Crippen LogP contribution in [0.2, 0.25) is 0 Å². The number of halogens is 3. The average molecular weight is 227 g/mol. The molecule has 0 aromatic heterocycles. The van der Waals surface area contributed by atoms with Gasteiger partial charge < -0.3 is 15.2 Å². The van der Waals surface area contributed by atoms with Crippen molar-refractivity contribution in [2.24, 2.45) is 0 Å². The van der Waals surface area contributed by atoms with Crippen molar-refractivity contribution in [3.63, 3.8) is 0 Å². The van der Waals surface area contributed by atoms with E-state index in [0.717, 1.165) is 0 Å². The van der Waals surface area contributed by atoms with E-state index in [1.807, 2.05) is 0 Å². The molecule has 0 saturated carbocycles. The third-order valence-electron chi connectivity index (χ3n) is 2.26. The van der Waals surface area contributed by atoms with Crippen molar-refractivity contribution in [3.05, 3.63) is 0 Å². The Morgan fingerprint density at radius 1 is 1.40 bits per heavy atom. The lowest BCUT2D eigenvalue weighted by molar-refractivity contribution is -0.175. The van der Waals surface area contributed by atoms with Crippen molar-refractivity contribution in [2.75, 3.05) is 19.8 Å². The summed E-state index contributed by atoms with van der Waals surface area (Å²) >= 11 is 0. The number of rotatable bonds is 2. The van der Waals surface area contributed by atoms with Gasteiger partial charge in [0.1, 0.15) is 0 Å². The normalized spacial score (nSPS) is 21.1. The van der Waals surface area contributed by atoms with E-state index in [9.17, 15) is 23.1 Å². The molecule has 0 atom stereocenters. The zero-order valence-electron chi connectivity index (χ0n) is 7.93. The van der Waals surface area contributed by atoms with Gasteiger partial charge >= 0.3 is 12.1 Å². The second-order valence-electron chi connectivity index (χ2n) is 3.52. The SMILES string of the molecule is O=C(NCC1(O)CCOCC1)C(F)(F)F. The molecule has 1 saturated heterocycles. The Hall–Kier alpha value is -0.820. The van der Waals surface area contributed by atoms with Crippen LogP contribution in [0.1, 0.15) is 12.8 Å². The molecule has 0 aromatic rings. The van der Waals surface area contributed by atoms with E-state index in [0.29, 0.717) is 13.2 Å². The molecule has 1 aliphatic rings. The van der Waals surface area contributed by atoms with Gasteiger partial charge in [-0.25, -0.2) is 0 Å². The maximum Gasteiger partial charge on any atom is 0.471 e. The highest BCUT2D eigenvalue weighted by Crippen LogP contribution is 2.20. The van der Waals surface area contributed by atoms with Crippen LogP contribution in [0.15, 0.2) is 0 Å². The first kappa shape index (κ1) is 12.3. The fourth-order valence-electron chi connectivity index (χ4n) is 1.27. The number of amides is 1. The molecular weight excluding hydrogens is 215 g/mol. The van der Waals surface area contributed by atoms with Gasteiger partial charge in [0.05, 0.1) is 5.60 Å². The molecule has 1 fully saturated rings. The molecule has 1 amide bonds. The summed E-state index contributed by atoms with van der Waals surface area (Å²) in [5, 5.41) is 11.4. The number of aliphatic hydroxyl groups is 1. The number of alkyl halides is 3. The highest BCUT2D eigenvalue weighted by molar-refractivity contribution is 5.81. The molecule has 88 valence electrons. The van der Waals surface area contributed by atoms with Crippen LogP contribution in [0.25, 0.3) is 0 Å². The van der Waals surface area contributed by atoms with Crippen molar-refractivity contribution in [1.82, 2.24) is 5.32 Å². The number of ether oxygens (including phenoxy) is 1. The van der Waals surface area contributed by atoms with E-state index in [1.54, 1.807) is 5.32 Å². The molecule has 0 unspecified atom stereocenters. The van der Waals surface area contributed by atoms with Crippen LogP contribution in [-0.4, -0.2) is 42.5 Å². The zero-order chi connectivity index (χ0) is 11.5. The summed E-state index contributed by atoms with van der Waals surface area (Å²) in [6.07, 6.45) is -4.45. The molecule has 2 N–H and O–H groups in total. The first-order valence-electron chi connectivity index (χ1n) is 4.49. The van der Waals surface area contributed by atoms with Crippen LogP contribution >= 0.6 is 0 Å². The van der Waals surface area contributed by atoms with E-state index in [4.69, 9.17) is 4.74 Å². The lowest BCUT2D eigenvalue weighted by Gasteiger charge is -2.32. The van der Waals surface area contributed by atoms with Gasteiger partial charge in [-0.05, 0) is 0 Å². The number of carbonyl (C=O) groups is 1. The fourth-order valence-corrected chi connectivity index (χ4v) is 1.27. The molecule has 1 heterocycles. The minimum atomic E-state index is -4.90. The Labute approximate surface area is 84.4 Å². The monoisotopic (exact) mass is 227 g/mol. The third-order valence-corrected chi connectivity index (χ3v) is 2.26. The van der Waals surface area contributed by atoms with Gasteiger partial charge in [0.25, 0.3) is 0 Å². The van der Waals surface area contributed by atoms with Gasteiger partial charge in [-0.3, -0.25) is 4.79 Å². The number of carbonyl (C=O) groups excluding carboxylic acids is 1. The molecule has 7 heteroatoms. The lowest BCUT2D eigenvalue weighted by Crippen LogP contribution is -2.49. The number of nitrogens with one attached hydrogen (secondary N) is 1. The molecule has 1 aliphatic heterocycles. The fraction of sp³-hybridized carbons (Fsp3) is 0.875. The van der Waals surface area contributed by atoms with Gasteiger partial charge in [0, 0.05) is 32.6 Å². The highest BCUT2D eigenvalue weighted by atomic mass is 19.4. The van der Waals surface area contributed by atoms with Gasteiger partial charge in [0.15, 0.2) is 0 Å². The molecule has 0 spiro atoms. The first-order chi connectivity index (χ1) is 6.83. The maximum atomic E-state index is 11.8. The maximum absolute atomic E-state index is 11.8. The Morgan fingerprint density at radius 3 is 2.40 bits per heavy atom. The van der Waals surface area contributed by atoms with E-state index in [2.05, 4.69) is 0 Å². The summed E-state index contributed by atoms with van der Waals surface area (Å²) in [5.41, 5.74) is -1.28. The van der Waals surface area contributed by atoms with E-state index in [1.165, 1.54) is 0 Å². The average Bonchev–Trinajstić information content (AvgIpc) is 2.14. The van der Waals surface area contributed by atoms with Gasteiger partial charge in [-0.15, -0.1) is 0 Å². The molecule has 4 nitrogen and oxygen atoms in total. The topological polar surface area (TPSA) is 58.6 Å². The quantitative estimate of drug-likeness (QED) is 0.708. The van der Waals surface area contributed by atoms with Crippen molar-refractivity contribution < 1.29 is 27.8 Å². The second kappa shape index (κ2) is 4.36. The molecule has 0 bridgehead atoms. The largest absolute Gasteiger partial charge is 0.471 e. The van der Waals surface area contributed by atoms with Gasteiger partial charge in [0.2, 0.25) is 0 Å². The molecule has 15 heavy (non-hydrogen) atoms. The highest BCUT2D eigenvalue weighted by Gasteiger charge is 2.40. The van der Waals surface area contributed by atoms with Crippen LogP contribution in [-0.2, 0) is 9.53 Å². The van der Waals surface area contributed by atoms with Crippen LogP contribution in [0, 0.1) is 0 Å². The van der Waals surface area contributed by atoms with E-state index in [-0.39, 0.29) is 12.8 Å². The van der Waals surface area contributed by atoms with Crippen LogP contribution in [0.3, 0.4) is 0 Å². The first-order valence-corrected chi connectivity index (χ1v) is 4.49. The van der Waals surface area contributed by atoms with Crippen molar-refractivity contribution in [3.8, 4) is 0 Å². The van der Waals surface area contributed by atoms with Gasteiger partial charge in [-0.2, -0.15) is 13.2 Å². The molecule has 0 radical (unpaired) electrons. The molecule has 0 aromatic carbocycles. The van der Waals surface area contributed by atoms with Crippen LogP contribution in [0.5, 0.6) is 0 Å². The summed E-state index contributed by atoms with van der Waals surface area (Å²) in [6, 6.07) is 0. The second-order valence-corrected chi connectivity index (χ2v) is 3.52. The van der Waals surface area contributed by atoms with Gasteiger partial charge in [-0.1, -0.05) is 0 Å². The van der Waals surface area contributed by atoms with Crippen LogP contribution in [0.4, 0.5) is 13.2 Å². The zero-order valence-corrected chi connectivity index (χ0v) is 7.93. The molecular formula is C8H12F3NO3. The van der Waals surface area contributed by atoms with Crippen molar-refractivity contribution in [1.29, 1.82) is 0 Å². The minimum Gasteiger partial charge on any atom is -0.388 e. The van der Waals surface area contributed by atoms with E-state index < -0.39 is 24.2 Å². The molecule has 1 rings (SSSR count). The summed E-state index contributed by atoms with van der Waals surface area (Å²) < 4.78 is 40.4. The Balaban J connectivity index is 2.38. The Morgan fingerprint density at radius 2 is 1.93 bits per heavy atom. The number of hydrogen-bond donors (Lipinski definition) is 2. The minimum absolute atomic E-state index is 0.227. The summed E-state index contributed by atoms with van der Waals surface area (Å²) in [5.74, 6) is -2.03. The number of hydrogen-bond acceptors (Lipinski definition) is 3. The Kier molecular flexibility index (Phi) is 3.56. The standard InChI is InChI=1S/C8H12F3NO3/c9-8(10,11)6(13)12-5-7(14)1-3-15-4-2-7/h14H,1-5H2,(H,12,13). The van der Waals surface area contributed by atoms with Crippen molar-refractivity contribution in [2.45, 2.75) is 24.6 Å². The summed E-state index contributed by atoms with van der Waals surface area (Å²) in [7, 11) is 0. The summed E-state index contributed by atoms with van der Waals surface area (Å²) in [6.45, 7) is 0.186. The predicted octanol–water partition coefficient (Wildman–Crippen LogP) is 0.206. The van der Waals surface area contributed by atoms with Crippen molar-refractivity contribution >= 4 is 5.91 Å². The molecule has 0 aliphatic carbocycles. The van der Waals surface area contributed by atoms with E-state index >= 15 is 0 Å². The summed E-state index contributed by atoms with van der Waals surface area (Å²) in [4.78, 5) is 10.5. The smallest absolute Gasteiger partial charge is 0.388 e. The third kappa shape index (κ3) is 3.67. The Bertz CT molecular complexity index is 236. The predicted molar refractivity (Wildman–Crippen MR) is 44.1 cm³/mol. The lowest BCUT2D eigenvalue weighted by atomic mass is 9.94. The van der Waals surface area contributed by atoms with Crippen LogP contribution < -0.4 is 5.32 Å².